The van der Waals surface area contributed by atoms with Gasteiger partial charge >= 0.3 is 0 Å². The van der Waals surface area contributed by atoms with Crippen LogP contribution in [0.2, 0.25) is 0 Å². The monoisotopic (exact) mass is 341 g/mol. The van der Waals surface area contributed by atoms with E-state index in [0.717, 1.165) is 40.8 Å². The molecule has 1 aliphatic rings. The van der Waals surface area contributed by atoms with E-state index >= 15 is 0 Å². The SMILES string of the molecule is Cc1cc(Br)cc(C)c1OCC(=O)NCC1CCCO1. The standard InChI is InChI=1S/C15H20BrNO3/c1-10-6-12(16)7-11(2)15(10)20-9-14(18)17-8-13-4-3-5-19-13/h6-7,13H,3-5,8-9H2,1-2H3,(H,17,18). The highest BCUT2D eigenvalue weighted by Crippen LogP contribution is 2.27. The molecule has 1 N–H and O–H groups in total. The number of carbonyl (C=O) groups excluding carboxylic acids is 1. The van der Waals surface area contributed by atoms with Crippen LogP contribution in [-0.4, -0.2) is 31.8 Å². The van der Waals surface area contributed by atoms with Gasteiger partial charge in [0.25, 0.3) is 5.91 Å². The highest BCUT2D eigenvalue weighted by molar-refractivity contribution is 9.10. The predicted molar refractivity (Wildman–Crippen MR) is 81.1 cm³/mol. The Kier molecular flexibility index (Phi) is 5.43. The summed E-state index contributed by atoms with van der Waals surface area (Å²) in [5.74, 6) is 0.669. The zero-order chi connectivity index (χ0) is 14.5. The molecular weight excluding hydrogens is 322 g/mol. The number of hydrogen-bond acceptors (Lipinski definition) is 3. The fourth-order valence-corrected chi connectivity index (χ4v) is 3.03. The number of amides is 1. The third-order valence-corrected chi connectivity index (χ3v) is 3.78. The van der Waals surface area contributed by atoms with Gasteiger partial charge in [0.2, 0.25) is 0 Å². The summed E-state index contributed by atoms with van der Waals surface area (Å²) in [6.07, 6.45) is 2.26. The smallest absolute Gasteiger partial charge is 0.258 e. The number of halogens is 1. The maximum atomic E-state index is 11.8. The quantitative estimate of drug-likeness (QED) is 0.895. The second-order valence-electron chi connectivity index (χ2n) is 5.10. The largest absolute Gasteiger partial charge is 0.483 e. The molecule has 0 aliphatic carbocycles. The van der Waals surface area contributed by atoms with Crippen LogP contribution < -0.4 is 10.1 Å². The highest BCUT2D eigenvalue weighted by atomic mass is 79.9. The number of aryl methyl sites for hydroxylation is 2. The molecule has 0 radical (unpaired) electrons. The van der Waals surface area contributed by atoms with E-state index in [1.807, 2.05) is 26.0 Å². The van der Waals surface area contributed by atoms with Gasteiger partial charge in [-0.15, -0.1) is 0 Å². The Bertz CT molecular complexity index is 461. The molecule has 0 aromatic heterocycles. The van der Waals surface area contributed by atoms with Gasteiger partial charge < -0.3 is 14.8 Å². The minimum absolute atomic E-state index is 0.0377. The van der Waals surface area contributed by atoms with Crippen molar-refractivity contribution in [3.05, 3.63) is 27.7 Å². The average molecular weight is 342 g/mol. The molecule has 4 nitrogen and oxygen atoms in total. The Labute approximate surface area is 128 Å². The minimum atomic E-state index is -0.109. The summed E-state index contributed by atoms with van der Waals surface area (Å²) in [7, 11) is 0. The van der Waals surface area contributed by atoms with Gasteiger partial charge in [-0.3, -0.25) is 4.79 Å². The summed E-state index contributed by atoms with van der Waals surface area (Å²) in [6, 6.07) is 3.96. The Morgan fingerprint density at radius 1 is 1.45 bits per heavy atom. The highest BCUT2D eigenvalue weighted by Gasteiger charge is 2.16. The zero-order valence-corrected chi connectivity index (χ0v) is 13.5. The summed E-state index contributed by atoms with van der Waals surface area (Å²) in [4.78, 5) is 11.8. The lowest BCUT2D eigenvalue weighted by molar-refractivity contribution is -0.123. The summed E-state index contributed by atoms with van der Waals surface area (Å²) in [5.41, 5.74) is 2.03. The molecule has 2 rings (SSSR count). The number of benzene rings is 1. The Morgan fingerprint density at radius 2 is 2.15 bits per heavy atom. The number of rotatable bonds is 5. The van der Waals surface area contributed by atoms with E-state index < -0.39 is 0 Å². The molecule has 1 aliphatic heterocycles. The van der Waals surface area contributed by atoms with Crippen LogP contribution in [0.15, 0.2) is 16.6 Å². The van der Waals surface area contributed by atoms with E-state index in [9.17, 15) is 4.79 Å². The first kappa shape index (κ1) is 15.3. The van der Waals surface area contributed by atoms with Crippen molar-refractivity contribution in [1.82, 2.24) is 5.32 Å². The maximum Gasteiger partial charge on any atom is 0.258 e. The number of nitrogens with one attached hydrogen (secondary N) is 1. The van der Waals surface area contributed by atoms with Gasteiger partial charge in [-0.1, -0.05) is 15.9 Å². The molecule has 1 saturated heterocycles. The molecule has 1 aromatic rings. The first-order chi connectivity index (χ1) is 9.56. The molecule has 1 unspecified atom stereocenters. The molecule has 110 valence electrons. The lowest BCUT2D eigenvalue weighted by Gasteiger charge is -2.14. The van der Waals surface area contributed by atoms with E-state index in [0.29, 0.717) is 6.54 Å². The van der Waals surface area contributed by atoms with Crippen LogP contribution in [0.4, 0.5) is 0 Å². The van der Waals surface area contributed by atoms with Crippen molar-refractivity contribution in [2.45, 2.75) is 32.8 Å². The summed E-state index contributed by atoms with van der Waals surface area (Å²) in [6.45, 7) is 5.35. The average Bonchev–Trinajstić information content (AvgIpc) is 2.88. The molecule has 1 amide bonds. The van der Waals surface area contributed by atoms with Crippen molar-refractivity contribution in [1.29, 1.82) is 0 Å². The third kappa shape index (κ3) is 4.21. The molecule has 1 aromatic carbocycles. The Balaban J connectivity index is 1.81. The van der Waals surface area contributed by atoms with Gasteiger partial charge in [0.05, 0.1) is 6.10 Å². The number of ether oxygens (including phenoxy) is 2. The molecule has 0 saturated carbocycles. The zero-order valence-electron chi connectivity index (χ0n) is 11.9. The van der Waals surface area contributed by atoms with Crippen LogP contribution in [0.3, 0.4) is 0 Å². The first-order valence-corrected chi connectivity index (χ1v) is 7.63. The van der Waals surface area contributed by atoms with Crippen LogP contribution >= 0.6 is 15.9 Å². The number of carbonyl (C=O) groups is 1. The maximum absolute atomic E-state index is 11.8. The van der Waals surface area contributed by atoms with Crippen molar-refractivity contribution < 1.29 is 14.3 Å². The molecular formula is C15H20BrNO3. The fraction of sp³-hybridized carbons (Fsp3) is 0.533. The summed E-state index contributed by atoms with van der Waals surface area (Å²) in [5, 5.41) is 2.85. The fourth-order valence-electron chi connectivity index (χ4n) is 2.35. The molecule has 1 heterocycles. The third-order valence-electron chi connectivity index (χ3n) is 3.32. The lowest BCUT2D eigenvalue weighted by atomic mass is 10.1. The van der Waals surface area contributed by atoms with Gasteiger partial charge in [-0.25, -0.2) is 0 Å². The van der Waals surface area contributed by atoms with Crippen molar-refractivity contribution >= 4 is 21.8 Å². The van der Waals surface area contributed by atoms with E-state index in [-0.39, 0.29) is 18.6 Å². The Hall–Kier alpha value is -1.07. The van der Waals surface area contributed by atoms with Crippen molar-refractivity contribution in [3.63, 3.8) is 0 Å². The molecule has 0 bridgehead atoms. The molecule has 0 spiro atoms. The van der Waals surface area contributed by atoms with Gasteiger partial charge in [0.15, 0.2) is 6.61 Å². The molecule has 5 heteroatoms. The predicted octanol–water partition coefficient (Wildman–Crippen LogP) is 2.74. The van der Waals surface area contributed by atoms with Crippen LogP contribution in [0, 0.1) is 13.8 Å². The van der Waals surface area contributed by atoms with E-state index in [2.05, 4.69) is 21.2 Å². The second kappa shape index (κ2) is 7.09. The van der Waals surface area contributed by atoms with Gasteiger partial charge in [0, 0.05) is 17.6 Å². The van der Waals surface area contributed by atoms with Crippen LogP contribution in [0.1, 0.15) is 24.0 Å². The van der Waals surface area contributed by atoms with Gasteiger partial charge in [-0.2, -0.15) is 0 Å². The van der Waals surface area contributed by atoms with E-state index in [4.69, 9.17) is 9.47 Å². The first-order valence-electron chi connectivity index (χ1n) is 6.84. The van der Waals surface area contributed by atoms with Crippen molar-refractivity contribution in [2.24, 2.45) is 0 Å². The normalized spacial score (nSPS) is 18.1. The van der Waals surface area contributed by atoms with E-state index in [1.165, 1.54) is 0 Å². The summed E-state index contributed by atoms with van der Waals surface area (Å²) < 4.78 is 12.1. The van der Waals surface area contributed by atoms with Crippen LogP contribution in [-0.2, 0) is 9.53 Å². The minimum Gasteiger partial charge on any atom is -0.483 e. The van der Waals surface area contributed by atoms with Gasteiger partial charge in [-0.05, 0) is 49.9 Å². The topological polar surface area (TPSA) is 47.6 Å². The molecule has 1 atom stereocenters. The number of hydrogen-bond donors (Lipinski definition) is 1. The molecule has 1 fully saturated rings. The Morgan fingerprint density at radius 3 is 2.75 bits per heavy atom. The summed E-state index contributed by atoms with van der Waals surface area (Å²) >= 11 is 3.44. The van der Waals surface area contributed by atoms with Crippen LogP contribution in [0.25, 0.3) is 0 Å². The molecule has 20 heavy (non-hydrogen) atoms. The van der Waals surface area contributed by atoms with Crippen molar-refractivity contribution in [3.8, 4) is 5.75 Å². The second-order valence-corrected chi connectivity index (χ2v) is 6.01. The van der Waals surface area contributed by atoms with Crippen molar-refractivity contribution in [2.75, 3.05) is 19.8 Å². The van der Waals surface area contributed by atoms with Gasteiger partial charge in [0.1, 0.15) is 5.75 Å². The van der Waals surface area contributed by atoms with E-state index in [1.54, 1.807) is 0 Å². The lowest BCUT2D eigenvalue weighted by Crippen LogP contribution is -2.35. The van der Waals surface area contributed by atoms with Crippen LogP contribution in [0.5, 0.6) is 5.75 Å².